The molecule has 3 nitrogen and oxygen atoms in total. The van der Waals surface area contributed by atoms with E-state index in [-0.39, 0.29) is 11.4 Å². The minimum atomic E-state index is -3.73. The smallest absolute Gasteiger partial charge is 0.207 e. The molecule has 2 aromatic rings. The van der Waals surface area contributed by atoms with Crippen LogP contribution in [0.15, 0.2) is 53.4 Å². The Morgan fingerprint density at radius 1 is 1.11 bits per heavy atom. The molecule has 0 atom stereocenters. The van der Waals surface area contributed by atoms with Crippen molar-refractivity contribution >= 4 is 21.6 Å². The molecule has 0 amide bonds. The summed E-state index contributed by atoms with van der Waals surface area (Å²) in [5.41, 5.74) is 0.729. The molecule has 19 heavy (non-hydrogen) atoms. The predicted molar refractivity (Wildman–Crippen MR) is 71.9 cm³/mol. The highest BCUT2D eigenvalue weighted by atomic mass is 35.5. The van der Waals surface area contributed by atoms with Gasteiger partial charge in [0.1, 0.15) is 5.82 Å². The monoisotopic (exact) mass is 299 g/mol. The molecule has 2 rings (SSSR count). The lowest BCUT2D eigenvalue weighted by molar-refractivity contribution is 0.577. The molecule has 0 aliphatic heterocycles. The van der Waals surface area contributed by atoms with Gasteiger partial charge in [0.05, 0.1) is 4.90 Å². The van der Waals surface area contributed by atoms with Crippen molar-refractivity contribution in [2.24, 2.45) is 0 Å². The van der Waals surface area contributed by atoms with Gasteiger partial charge in [0.15, 0.2) is 0 Å². The summed E-state index contributed by atoms with van der Waals surface area (Å²) in [7, 11) is -3.73. The van der Waals surface area contributed by atoms with Gasteiger partial charge in [-0.05, 0) is 35.9 Å². The first kappa shape index (κ1) is 14.0. The number of hydrogen-bond acceptors (Lipinski definition) is 2. The molecule has 0 heterocycles. The molecule has 0 radical (unpaired) electrons. The first-order valence-electron chi connectivity index (χ1n) is 5.47. The predicted octanol–water partition coefficient (Wildman–Crippen LogP) is 2.96. The van der Waals surface area contributed by atoms with Crippen LogP contribution in [0.3, 0.4) is 0 Å². The van der Waals surface area contributed by atoms with Gasteiger partial charge in [0, 0.05) is 11.6 Å². The van der Waals surface area contributed by atoms with Gasteiger partial charge in [-0.25, -0.2) is 17.5 Å². The van der Waals surface area contributed by atoms with E-state index in [1.807, 2.05) is 0 Å². The fourth-order valence-electron chi connectivity index (χ4n) is 1.54. The highest BCUT2D eigenvalue weighted by molar-refractivity contribution is 7.89. The summed E-state index contributed by atoms with van der Waals surface area (Å²) >= 11 is 5.81. The number of halogens is 2. The maximum atomic E-state index is 13.0. The molecule has 100 valence electrons. The molecule has 0 aliphatic rings. The maximum absolute atomic E-state index is 13.0. The van der Waals surface area contributed by atoms with E-state index in [9.17, 15) is 12.8 Å². The Kier molecular flexibility index (Phi) is 4.19. The number of sulfonamides is 1. The first-order valence-corrected chi connectivity index (χ1v) is 7.33. The normalized spacial score (nSPS) is 11.5. The average Bonchev–Trinajstić information content (AvgIpc) is 2.37. The summed E-state index contributed by atoms with van der Waals surface area (Å²) in [4.78, 5) is -0.102. The third kappa shape index (κ3) is 3.76. The molecule has 1 N–H and O–H groups in total. The van der Waals surface area contributed by atoms with E-state index in [1.165, 1.54) is 18.2 Å². The quantitative estimate of drug-likeness (QED) is 0.943. The van der Waals surface area contributed by atoms with Crippen molar-refractivity contribution < 1.29 is 12.8 Å². The molecule has 2 aromatic carbocycles. The lowest BCUT2D eigenvalue weighted by Crippen LogP contribution is -2.23. The van der Waals surface area contributed by atoms with Crippen molar-refractivity contribution in [2.75, 3.05) is 0 Å². The summed E-state index contributed by atoms with van der Waals surface area (Å²) in [5.74, 6) is -0.592. The molecule has 6 heteroatoms. The van der Waals surface area contributed by atoms with Crippen LogP contribution in [0, 0.1) is 5.82 Å². The van der Waals surface area contributed by atoms with E-state index in [0.29, 0.717) is 5.02 Å². The van der Waals surface area contributed by atoms with Gasteiger partial charge >= 0.3 is 0 Å². The Bertz CT molecular complexity index is 689. The third-order valence-corrected chi connectivity index (χ3v) is 4.10. The van der Waals surface area contributed by atoms with Crippen LogP contribution in [0.1, 0.15) is 5.56 Å². The molecule has 0 spiro atoms. The average molecular weight is 300 g/mol. The van der Waals surface area contributed by atoms with E-state index in [1.54, 1.807) is 24.3 Å². The molecule has 0 aromatic heterocycles. The minimum Gasteiger partial charge on any atom is -0.207 e. The highest BCUT2D eigenvalue weighted by Crippen LogP contribution is 2.13. The van der Waals surface area contributed by atoms with Gasteiger partial charge in [-0.1, -0.05) is 29.8 Å². The Morgan fingerprint density at radius 3 is 2.53 bits per heavy atom. The van der Waals surface area contributed by atoms with Crippen LogP contribution in [0.4, 0.5) is 4.39 Å². The maximum Gasteiger partial charge on any atom is 0.240 e. The second-order valence-electron chi connectivity index (χ2n) is 3.91. The number of benzene rings is 2. The Hall–Kier alpha value is -1.43. The lowest BCUT2D eigenvalue weighted by Gasteiger charge is -2.07. The van der Waals surface area contributed by atoms with Crippen molar-refractivity contribution in [3.8, 4) is 0 Å². The molecule has 0 aliphatic carbocycles. The van der Waals surface area contributed by atoms with Gasteiger partial charge in [-0.2, -0.15) is 0 Å². The summed E-state index contributed by atoms with van der Waals surface area (Å²) in [6, 6.07) is 11.7. The Morgan fingerprint density at radius 2 is 1.84 bits per heavy atom. The Labute approximate surface area is 116 Å². The van der Waals surface area contributed by atoms with Crippen LogP contribution < -0.4 is 4.72 Å². The van der Waals surface area contributed by atoms with Gasteiger partial charge < -0.3 is 0 Å². The molecular formula is C13H11ClFNO2S. The zero-order valence-electron chi connectivity index (χ0n) is 9.81. The van der Waals surface area contributed by atoms with Gasteiger partial charge in [0.25, 0.3) is 0 Å². The van der Waals surface area contributed by atoms with E-state index >= 15 is 0 Å². The standard InChI is InChI=1S/C13H11ClFNO2S/c14-11-4-1-3-10(7-11)9-16-19(17,18)13-6-2-5-12(15)8-13/h1-8,16H,9H2. The van der Waals surface area contributed by atoms with Crippen LogP contribution >= 0.6 is 11.6 Å². The van der Waals surface area contributed by atoms with E-state index in [2.05, 4.69) is 4.72 Å². The van der Waals surface area contributed by atoms with Crippen molar-refractivity contribution in [3.05, 3.63) is 64.9 Å². The van der Waals surface area contributed by atoms with Crippen LogP contribution in [0.2, 0.25) is 5.02 Å². The fourth-order valence-corrected chi connectivity index (χ4v) is 2.80. The van der Waals surface area contributed by atoms with Crippen molar-refractivity contribution in [2.45, 2.75) is 11.4 Å². The van der Waals surface area contributed by atoms with E-state index in [4.69, 9.17) is 11.6 Å². The van der Waals surface area contributed by atoms with Gasteiger partial charge in [-0.3, -0.25) is 0 Å². The topological polar surface area (TPSA) is 46.2 Å². The van der Waals surface area contributed by atoms with Gasteiger partial charge in [0.2, 0.25) is 10.0 Å². The third-order valence-electron chi connectivity index (χ3n) is 2.46. The van der Waals surface area contributed by atoms with Crippen molar-refractivity contribution in [1.82, 2.24) is 4.72 Å². The molecule has 0 saturated heterocycles. The van der Waals surface area contributed by atoms with Crippen LogP contribution in [-0.4, -0.2) is 8.42 Å². The highest BCUT2D eigenvalue weighted by Gasteiger charge is 2.14. The van der Waals surface area contributed by atoms with Crippen LogP contribution in [0.25, 0.3) is 0 Å². The summed E-state index contributed by atoms with van der Waals surface area (Å²) in [6.45, 7) is 0.0966. The van der Waals surface area contributed by atoms with Crippen molar-refractivity contribution in [1.29, 1.82) is 0 Å². The first-order chi connectivity index (χ1) is 8.97. The summed E-state index contributed by atoms with van der Waals surface area (Å²) in [6.07, 6.45) is 0. The fraction of sp³-hybridized carbons (Fsp3) is 0.0769. The van der Waals surface area contributed by atoms with Crippen LogP contribution in [0.5, 0.6) is 0 Å². The molecule has 0 saturated carbocycles. The van der Waals surface area contributed by atoms with E-state index < -0.39 is 15.8 Å². The Balaban J connectivity index is 2.14. The second-order valence-corrected chi connectivity index (χ2v) is 6.12. The number of nitrogens with one attached hydrogen (secondary N) is 1. The van der Waals surface area contributed by atoms with Crippen LogP contribution in [-0.2, 0) is 16.6 Å². The van der Waals surface area contributed by atoms with Gasteiger partial charge in [-0.15, -0.1) is 0 Å². The van der Waals surface area contributed by atoms with Crippen molar-refractivity contribution in [3.63, 3.8) is 0 Å². The minimum absolute atomic E-state index is 0.0966. The molecular weight excluding hydrogens is 289 g/mol. The number of hydrogen-bond donors (Lipinski definition) is 1. The zero-order chi connectivity index (χ0) is 13.9. The largest absolute Gasteiger partial charge is 0.240 e. The zero-order valence-corrected chi connectivity index (χ0v) is 11.4. The number of rotatable bonds is 4. The SMILES string of the molecule is O=S(=O)(NCc1cccc(Cl)c1)c1cccc(F)c1. The molecule has 0 bridgehead atoms. The second kappa shape index (κ2) is 5.69. The van der Waals surface area contributed by atoms with E-state index in [0.717, 1.165) is 11.6 Å². The summed E-state index contributed by atoms with van der Waals surface area (Å²) < 4.78 is 39.3. The summed E-state index contributed by atoms with van der Waals surface area (Å²) in [5, 5.41) is 0.530. The molecule has 0 unspecified atom stereocenters. The molecule has 0 fully saturated rings. The lowest BCUT2D eigenvalue weighted by atomic mass is 10.2.